The molecule has 0 saturated heterocycles. The summed E-state index contributed by atoms with van der Waals surface area (Å²) < 4.78 is 0.376. The number of hydrogen-bond donors (Lipinski definition) is 0. The number of terminal acetylenes is 1. The minimum absolute atomic E-state index is 0.376. The quantitative estimate of drug-likeness (QED) is 0.408. The third-order valence-corrected chi connectivity index (χ3v) is 2.55. The molecule has 0 N–H and O–H groups in total. The fourth-order valence-electron chi connectivity index (χ4n) is 0.838. The van der Waals surface area contributed by atoms with E-state index < -0.39 is 0 Å². The Balaban J connectivity index is 2.88. The second-order valence-electron chi connectivity index (χ2n) is 2.30. The fourth-order valence-corrected chi connectivity index (χ4v) is 1.22. The minimum atomic E-state index is 0.376. The van der Waals surface area contributed by atoms with Gasteiger partial charge in [0.15, 0.2) is 0 Å². The fraction of sp³-hybridized carbons (Fsp3) is 0.111. The van der Waals surface area contributed by atoms with Crippen LogP contribution in [0.4, 0.5) is 0 Å². The van der Waals surface area contributed by atoms with Crippen molar-refractivity contribution < 1.29 is 0 Å². The van der Waals surface area contributed by atoms with Crippen LogP contribution >= 0.6 is 0 Å². The van der Waals surface area contributed by atoms with E-state index in [9.17, 15) is 0 Å². The van der Waals surface area contributed by atoms with Crippen LogP contribution in [-0.2, 0) is 0 Å². The summed E-state index contributed by atoms with van der Waals surface area (Å²) in [6.07, 6.45) is 5.29. The van der Waals surface area contributed by atoms with Crippen LogP contribution in [0.3, 0.4) is 0 Å². The molecule has 44 valence electrons. The van der Waals surface area contributed by atoms with E-state index >= 15 is 0 Å². The van der Waals surface area contributed by atoms with Crippen molar-refractivity contribution in [3.8, 4) is 12.3 Å². The summed E-state index contributed by atoms with van der Waals surface area (Å²) in [5.74, 6) is 2.74. The normalized spacial score (nSPS) is 12.1. The van der Waals surface area contributed by atoms with E-state index in [0.717, 1.165) is 27.9 Å². The van der Waals surface area contributed by atoms with Crippen molar-refractivity contribution in [1.82, 2.24) is 0 Å². The first-order valence-corrected chi connectivity index (χ1v) is 4.51. The Hall–Kier alpha value is -0.220. The molecule has 1 unspecified atom stereocenters. The van der Waals surface area contributed by atoms with Crippen LogP contribution in [-0.4, -0.2) is 27.9 Å². The zero-order valence-corrected chi connectivity index (χ0v) is 8.04. The molecular formula is C9H7Na. The van der Waals surface area contributed by atoms with Gasteiger partial charge in [-0.15, -0.1) is 0 Å². The van der Waals surface area contributed by atoms with E-state index in [2.05, 4.69) is 18.1 Å². The van der Waals surface area contributed by atoms with Crippen LogP contribution in [0.5, 0.6) is 0 Å². The molecule has 1 atom stereocenters. The van der Waals surface area contributed by atoms with Gasteiger partial charge in [0.1, 0.15) is 0 Å². The summed E-state index contributed by atoms with van der Waals surface area (Å²) in [5.41, 5.74) is 1.27. The van der Waals surface area contributed by atoms with Crippen molar-refractivity contribution in [1.29, 1.82) is 0 Å². The molecule has 0 bridgehead atoms. The third-order valence-electron chi connectivity index (χ3n) is 1.55. The van der Waals surface area contributed by atoms with Crippen LogP contribution in [0.15, 0.2) is 30.3 Å². The van der Waals surface area contributed by atoms with Gasteiger partial charge < -0.3 is 0 Å². The van der Waals surface area contributed by atoms with Crippen LogP contribution < -0.4 is 0 Å². The Morgan fingerprint density at radius 3 is 2.40 bits per heavy atom. The van der Waals surface area contributed by atoms with Gasteiger partial charge in [-0.1, -0.05) is 0 Å². The first-order valence-electron chi connectivity index (χ1n) is 3.35. The van der Waals surface area contributed by atoms with E-state index in [1.807, 2.05) is 18.2 Å². The molecule has 0 aliphatic heterocycles. The number of rotatable bonds is 1. The monoisotopic (exact) mass is 138 g/mol. The topological polar surface area (TPSA) is 0 Å². The molecule has 1 heteroatoms. The average Bonchev–Trinajstić information content (AvgIpc) is 2.05. The first-order chi connectivity index (χ1) is 4.84. The Morgan fingerprint density at radius 1 is 1.30 bits per heavy atom. The van der Waals surface area contributed by atoms with Gasteiger partial charge in [-0.3, -0.25) is 0 Å². The van der Waals surface area contributed by atoms with Gasteiger partial charge in [0, 0.05) is 0 Å². The van der Waals surface area contributed by atoms with Gasteiger partial charge in [0.05, 0.1) is 0 Å². The molecule has 0 aliphatic carbocycles. The molecule has 0 aromatic heterocycles. The molecular weight excluding hydrogens is 131 g/mol. The summed E-state index contributed by atoms with van der Waals surface area (Å²) >= 11 is 1.04. The maximum atomic E-state index is 5.29. The molecule has 0 nitrogen and oxygen atoms in total. The predicted molar refractivity (Wildman–Crippen MR) is 43.8 cm³/mol. The summed E-state index contributed by atoms with van der Waals surface area (Å²) in [6.45, 7) is 0. The van der Waals surface area contributed by atoms with E-state index in [1.165, 1.54) is 5.56 Å². The van der Waals surface area contributed by atoms with Crippen LogP contribution in [0.25, 0.3) is 0 Å². The van der Waals surface area contributed by atoms with E-state index in [1.54, 1.807) is 0 Å². The van der Waals surface area contributed by atoms with Crippen molar-refractivity contribution in [3.05, 3.63) is 35.9 Å². The molecule has 1 aromatic rings. The number of hydrogen-bond acceptors (Lipinski definition) is 0. The molecule has 0 fully saturated rings. The molecule has 0 radical (unpaired) electrons. The van der Waals surface area contributed by atoms with E-state index in [-0.39, 0.29) is 0 Å². The molecule has 0 saturated carbocycles. The standard InChI is InChI=1S/C9H7.Na/c1-2-6-9-7-4-3-5-8-9;/h1,3-8H;. The maximum absolute atomic E-state index is 5.29. The Labute approximate surface area is 79.1 Å². The number of benzene rings is 1. The zero-order chi connectivity index (χ0) is 7.40. The molecule has 0 aliphatic rings. The summed E-state index contributed by atoms with van der Waals surface area (Å²) in [7, 11) is 0. The SMILES string of the molecule is C#C[CH]([Na])c1ccccc1. The molecule has 0 amide bonds. The molecule has 0 spiro atoms. The second-order valence-corrected chi connectivity index (χ2v) is 3.45. The zero-order valence-electron chi connectivity index (χ0n) is 6.04. The van der Waals surface area contributed by atoms with Crippen molar-refractivity contribution in [2.75, 3.05) is 0 Å². The van der Waals surface area contributed by atoms with Gasteiger partial charge in [-0.25, -0.2) is 0 Å². The molecule has 1 aromatic carbocycles. The van der Waals surface area contributed by atoms with Crippen LogP contribution in [0.2, 0.25) is 0 Å². The Bertz CT molecular complexity index is 233. The Morgan fingerprint density at radius 2 is 1.90 bits per heavy atom. The van der Waals surface area contributed by atoms with E-state index in [4.69, 9.17) is 6.42 Å². The van der Waals surface area contributed by atoms with Gasteiger partial charge >= 0.3 is 79.3 Å². The summed E-state index contributed by atoms with van der Waals surface area (Å²) in [4.78, 5) is 0. The second kappa shape index (κ2) is 3.83. The first kappa shape index (κ1) is 7.88. The van der Waals surface area contributed by atoms with Gasteiger partial charge in [0.25, 0.3) is 0 Å². The van der Waals surface area contributed by atoms with Crippen molar-refractivity contribution in [3.63, 3.8) is 0 Å². The van der Waals surface area contributed by atoms with Crippen molar-refractivity contribution in [2.45, 2.75) is 3.17 Å². The Kier molecular flexibility index (Phi) is 3.02. The van der Waals surface area contributed by atoms with Gasteiger partial charge in [-0.2, -0.15) is 0 Å². The van der Waals surface area contributed by atoms with Crippen LogP contribution in [0, 0.1) is 12.3 Å². The third kappa shape index (κ3) is 1.88. The molecule has 0 heterocycles. The van der Waals surface area contributed by atoms with E-state index in [0.29, 0.717) is 3.17 Å². The van der Waals surface area contributed by atoms with Crippen molar-refractivity contribution in [2.24, 2.45) is 0 Å². The predicted octanol–water partition coefficient (Wildman–Crippen LogP) is 1.53. The average molecular weight is 138 g/mol. The summed E-state index contributed by atoms with van der Waals surface area (Å²) in [5, 5.41) is 0. The van der Waals surface area contributed by atoms with Crippen molar-refractivity contribution >= 4 is 27.9 Å². The molecule has 1 rings (SSSR count). The van der Waals surface area contributed by atoms with Gasteiger partial charge in [0.2, 0.25) is 0 Å². The van der Waals surface area contributed by atoms with Gasteiger partial charge in [-0.05, 0) is 0 Å². The molecule has 10 heavy (non-hydrogen) atoms. The summed E-state index contributed by atoms with van der Waals surface area (Å²) in [6, 6.07) is 10.2. The van der Waals surface area contributed by atoms with Crippen LogP contribution in [0.1, 0.15) is 8.73 Å².